The molecule has 4 fully saturated rings. The highest BCUT2D eigenvalue weighted by atomic mass is 16.5. The second-order valence-corrected chi connectivity index (χ2v) is 7.84. The van der Waals surface area contributed by atoms with E-state index in [0.717, 1.165) is 17.8 Å². The van der Waals surface area contributed by atoms with E-state index < -0.39 is 11.9 Å². The Balaban J connectivity index is 1.47. The first kappa shape index (κ1) is 14.7. The van der Waals surface area contributed by atoms with E-state index in [1.54, 1.807) is 12.1 Å². The van der Waals surface area contributed by atoms with Crippen molar-refractivity contribution in [3.8, 4) is 0 Å². The van der Waals surface area contributed by atoms with Crippen molar-refractivity contribution in [3.63, 3.8) is 0 Å². The lowest BCUT2D eigenvalue weighted by Crippen LogP contribution is -2.48. The van der Waals surface area contributed by atoms with Crippen LogP contribution in [0.15, 0.2) is 24.3 Å². The summed E-state index contributed by atoms with van der Waals surface area (Å²) in [5, 5.41) is 9.20. The van der Waals surface area contributed by atoms with Crippen molar-refractivity contribution in [2.75, 3.05) is 6.61 Å². The van der Waals surface area contributed by atoms with Gasteiger partial charge in [0.2, 0.25) is 0 Å². The molecule has 0 radical (unpaired) electrons. The molecule has 4 saturated carbocycles. The van der Waals surface area contributed by atoms with Gasteiger partial charge in [0.25, 0.3) is 0 Å². The normalized spacial score (nSPS) is 34.3. The van der Waals surface area contributed by atoms with Crippen molar-refractivity contribution in [2.24, 2.45) is 23.2 Å². The third-order valence-corrected chi connectivity index (χ3v) is 6.05. The Bertz CT molecular complexity index is 613. The van der Waals surface area contributed by atoms with Crippen LogP contribution in [-0.4, -0.2) is 23.7 Å². The van der Waals surface area contributed by atoms with Crippen molar-refractivity contribution in [2.45, 2.75) is 38.5 Å². The minimum absolute atomic E-state index is 0.0167. The lowest BCUT2D eigenvalue weighted by molar-refractivity contribution is -0.0848. The summed E-state index contributed by atoms with van der Waals surface area (Å²) < 4.78 is 5.60. The molecule has 4 aliphatic carbocycles. The van der Waals surface area contributed by atoms with Crippen LogP contribution in [-0.2, 0) is 4.74 Å². The summed E-state index contributed by atoms with van der Waals surface area (Å²) in [4.78, 5) is 23.6. The molecule has 0 atom stereocenters. The van der Waals surface area contributed by atoms with Crippen LogP contribution in [0.5, 0.6) is 0 Å². The summed E-state index contributed by atoms with van der Waals surface area (Å²) in [6.45, 7) is 0.448. The quantitative estimate of drug-likeness (QED) is 0.860. The predicted octanol–water partition coefficient (Wildman–Crippen LogP) is 3.76. The first-order valence-corrected chi connectivity index (χ1v) is 8.54. The van der Waals surface area contributed by atoms with E-state index in [-0.39, 0.29) is 16.5 Å². The van der Waals surface area contributed by atoms with Gasteiger partial charge in [-0.05, 0) is 68.4 Å². The van der Waals surface area contributed by atoms with Gasteiger partial charge in [-0.1, -0.05) is 12.1 Å². The number of rotatable bonds is 4. The van der Waals surface area contributed by atoms with Crippen LogP contribution in [0.2, 0.25) is 0 Å². The largest absolute Gasteiger partial charge is 0.478 e. The summed E-state index contributed by atoms with van der Waals surface area (Å²) in [7, 11) is 0. The summed E-state index contributed by atoms with van der Waals surface area (Å²) in [5.74, 6) is 0.842. The topological polar surface area (TPSA) is 63.6 Å². The highest BCUT2D eigenvalue weighted by molar-refractivity contribution is 6.02. The van der Waals surface area contributed by atoms with Gasteiger partial charge in [-0.15, -0.1) is 0 Å². The monoisotopic (exact) mass is 314 g/mol. The molecule has 23 heavy (non-hydrogen) atoms. The van der Waals surface area contributed by atoms with E-state index in [4.69, 9.17) is 4.74 Å². The summed E-state index contributed by atoms with van der Waals surface area (Å²) in [6.07, 6.45) is 7.59. The zero-order valence-corrected chi connectivity index (χ0v) is 13.2. The lowest BCUT2D eigenvalue weighted by Gasteiger charge is -2.56. The Morgan fingerprint density at radius 2 is 1.52 bits per heavy atom. The molecule has 0 spiro atoms. The van der Waals surface area contributed by atoms with E-state index in [9.17, 15) is 14.7 Å². The average Bonchev–Trinajstić information content (AvgIpc) is 2.51. The number of benzene rings is 1. The third kappa shape index (κ3) is 2.64. The molecule has 4 aliphatic rings. The van der Waals surface area contributed by atoms with Crippen molar-refractivity contribution in [1.29, 1.82) is 0 Å². The number of carboxylic acids is 1. The van der Waals surface area contributed by atoms with E-state index in [1.165, 1.54) is 50.7 Å². The molecule has 4 bridgehead atoms. The molecule has 0 heterocycles. The molecule has 0 aliphatic heterocycles. The number of esters is 1. The molecule has 0 unspecified atom stereocenters. The van der Waals surface area contributed by atoms with Crippen molar-refractivity contribution in [3.05, 3.63) is 35.4 Å². The van der Waals surface area contributed by atoms with E-state index in [2.05, 4.69) is 0 Å². The molecule has 4 heteroatoms. The molecule has 0 aromatic heterocycles. The maximum Gasteiger partial charge on any atom is 0.339 e. The lowest BCUT2D eigenvalue weighted by atomic mass is 9.50. The minimum atomic E-state index is -1.09. The maximum atomic E-state index is 12.4. The fraction of sp³-hybridized carbons (Fsp3) is 0.579. The van der Waals surface area contributed by atoms with Crippen LogP contribution in [0.1, 0.15) is 59.2 Å². The molecule has 1 aromatic rings. The highest BCUT2D eigenvalue weighted by Gasteiger charge is 2.51. The molecule has 0 saturated heterocycles. The van der Waals surface area contributed by atoms with Crippen molar-refractivity contribution < 1.29 is 19.4 Å². The van der Waals surface area contributed by atoms with Crippen LogP contribution < -0.4 is 0 Å². The van der Waals surface area contributed by atoms with Gasteiger partial charge in [0.05, 0.1) is 17.7 Å². The van der Waals surface area contributed by atoms with Gasteiger partial charge in [0, 0.05) is 5.41 Å². The molecule has 5 rings (SSSR count). The average molecular weight is 314 g/mol. The number of hydrogen-bond acceptors (Lipinski definition) is 3. The Morgan fingerprint density at radius 1 is 1.00 bits per heavy atom. The molecule has 0 amide bonds. The van der Waals surface area contributed by atoms with Gasteiger partial charge in [-0.3, -0.25) is 0 Å². The molecule has 122 valence electrons. The Kier molecular flexibility index (Phi) is 3.43. The Morgan fingerprint density at radius 3 is 2.04 bits per heavy atom. The van der Waals surface area contributed by atoms with Gasteiger partial charge in [0.15, 0.2) is 0 Å². The van der Waals surface area contributed by atoms with E-state index in [0.29, 0.717) is 6.61 Å². The van der Waals surface area contributed by atoms with Crippen LogP contribution in [0.25, 0.3) is 0 Å². The summed E-state index contributed by atoms with van der Waals surface area (Å²) in [6, 6.07) is 6.28. The number of hydrogen-bond donors (Lipinski definition) is 1. The first-order chi connectivity index (χ1) is 11.0. The van der Waals surface area contributed by atoms with Crippen LogP contribution in [0.3, 0.4) is 0 Å². The van der Waals surface area contributed by atoms with Crippen LogP contribution >= 0.6 is 0 Å². The summed E-state index contributed by atoms with van der Waals surface area (Å²) in [5.41, 5.74) is 0.329. The smallest absolute Gasteiger partial charge is 0.339 e. The Labute approximate surface area is 135 Å². The van der Waals surface area contributed by atoms with Gasteiger partial charge in [0.1, 0.15) is 0 Å². The molecule has 1 N–H and O–H groups in total. The maximum absolute atomic E-state index is 12.4. The first-order valence-electron chi connectivity index (χ1n) is 8.54. The zero-order chi connectivity index (χ0) is 16.0. The van der Waals surface area contributed by atoms with Gasteiger partial charge in [-0.25, -0.2) is 9.59 Å². The van der Waals surface area contributed by atoms with Gasteiger partial charge in [-0.2, -0.15) is 0 Å². The number of carboxylic acid groups (broad SMARTS) is 1. The van der Waals surface area contributed by atoms with E-state index >= 15 is 0 Å². The molecular formula is C19H22O4. The zero-order valence-electron chi connectivity index (χ0n) is 13.2. The SMILES string of the molecule is O=C(O)c1ccccc1C(=O)OCC12CC3CC(CC(C3)C1)C2. The second kappa shape index (κ2) is 5.36. The molecule has 1 aromatic carbocycles. The third-order valence-electron chi connectivity index (χ3n) is 6.05. The van der Waals surface area contributed by atoms with Crippen LogP contribution in [0, 0.1) is 23.2 Å². The van der Waals surface area contributed by atoms with E-state index in [1.807, 2.05) is 0 Å². The second-order valence-electron chi connectivity index (χ2n) is 7.84. The minimum Gasteiger partial charge on any atom is -0.478 e. The van der Waals surface area contributed by atoms with Gasteiger partial charge < -0.3 is 9.84 Å². The predicted molar refractivity (Wildman–Crippen MR) is 84.3 cm³/mol. The van der Waals surface area contributed by atoms with Gasteiger partial charge >= 0.3 is 11.9 Å². The van der Waals surface area contributed by atoms with Crippen molar-refractivity contribution in [1.82, 2.24) is 0 Å². The highest BCUT2D eigenvalue weighted by Crippen LogP contribution is 2.60. The molecular weight excluding hydrogens is 292 g/mol. The number of carbonyl (C=O) groups excluding carboxylic acids is 1. The fourth-order valence-electron chi connectivity index (χ4n) is 5.61. The number of ether oxygens (including phenoxy) is 1. The van der Waals surface area contributed by atoms with Crippen LogP contribution in [0.4, 0.5) is 0 Å². The number of aromatic carboxylic acids is 1. The standard InChI is InChI=1S/C19H22O4/c20-17(21)15-3-1-2-4-16(15)18(22)23-11-19-8-12-5-13(9-19)7-14(6-12)10-19/h1-4,12-14H,5-11H2,(H,20,21). The fourth-order valence-corrected chi connectivity index (χ4v) is 5.61. The molecule has 4 nitrogen and oxygen atoms in total. The Hall–Kier alpha value is -1.84. The summed E-state index contributed by atoms with van der Waals surface area (Å²) >= 11 is 0. The number of carbonyl (C=O) groups is 2. The van der Waals surface area contributed by atoms with Crippen molar-refractivity contribution >= 4 is 11.9 Å².